The van der Waals surface area contributed by atoms with Gasteiger partial charge in [-0.2, -0.15) is 4.98 Å². The van der Waals surface area contributed by atoms with Crippen molar-refractivity contribution in [3.8, 4) is 5.75 Å². The van der Waals surface area contributed by atoms with Gasteiger partial charge >= 0.3 is 0 Å². The number of nitrogens with one attached hydrogen (secondary N) is 3. The molecule has 0 aliphatic heterocycles. The zero-order valence-corrected chi connectivity index (χ0v) is 15.9. The molecule has 3 aromatic rings. The maximum Gasteiger partial charge on any atom is 0.224 e. The summed E-state index contributed by atoms with van der Waals surface area (Å²) >= 11 is 0. The van der Waals surface area contributed by atoms with Gasteiger partial charge in [-0.1, -0.05) is 12.1 Å². The van der Waals surface area contributed by atoms with Gasteiger partial charge < -0.3 is 20.7 Å². The molecule has 0 aliphatic carbocycles. The summed E-state index contributed by atoms with van der Waals surface area (Å²) in [5.41, 5.74) is 2.83. The lowest BCUT2D eigenvalue weighted by atomic mass is 10.1. The van der Waals surface area contributed by atoms with Crippen LogP contribution in [0.3, 0.4) is 0 Å². The first-order chi connectivity index (χ1) is 13.6. The molecule has 2 aromatic carbocycles. The van der Waals surface area contributed by atoms with E-state index >= 15 is 0 Å². The molecule has 0 atom stereocenters. The van der Waals surface area contributed by atoms with Gasteiger partial charge in [0.05, 0.1) is 7.11 Å². The molecule has 0 saturated heterocycles. The molecule has 0 saturated carbocycles. The topological polar surface area (TPSA) is 88.2 Å². The van der Waals surface area contributed by atoms with E-state index in [4.69, 9.17) is 4.74 Å². The molecule has 0 fully saturated rings. The summed E-state index contributed by atoms with van der Waals surface area (Å²) in [4.78, 5) is 19.8. The monoisotopic (exact) mass is 377 g/mol. The molecule has 1 amide bonds. The van der Waals surface area contributed by atoms with Crippen molar-refractivity contribution < 1.29 is 9.53 Å². The van der Waals surface area contributed by atoms with Crippen LogP contribution in [0.2, 0.25) is 0 Å². The maximum absolute atomic E-state index is 11.1. The van der Waals surface area contributed by atoms with E-state index in [2.05, 4.69) is 25.9 Å². The maximum atomic E-state index is 11.1. The summed E-state index contributed by atoms with van der Waals surface area (Å²) in [6, 6.07) is 17.2. The number of benzene rings is 2. The predicted molar refractivity (Wildman–Crippen MR) is 111 cm³/mol. The molecule has 144 valence electrons. The van der Waals surface area contributed by atoms with Crippen LogP contribution in [0.15, 0.2) is 60.8 Å². The molecule has 0 aliphatic rings. The van der Waals surface area contributed by atoms with Crippen molar-refractivity contribution in [2.75, 3.05) is 29.6 Å². The highest BCUT2D eigenvalue weighted by molar-refractivity contribution is 5.88. The van der Waals surface area contributed by atoms with E-state index in [1.807, 2.05) is 48.5 Å². The van der Waals surface area contributed by atoms with Gasteiger partial charge in [0, 0.05) is 31.0 Å². The average Bonchev–Trinajstić information content (AvgIpc) is 2.70. The summed E-state index contributed by atoms with van der Waals surface area (Å²) in [7, 11) is 1.66. The Labute approximate surface area is 164 Å². The second kappa shape index (κ2) is 9.36. The summed E-state index contributed by atoms with van der Waals surface area (Å²) in [5.74, 6) is 2.01. The van der Waals surface area contributed by atoms with Crippen LogP contribution in [-0.4, -0.2) is 29.5 Å². The summed E-state index contributed by atoms with van der Waals surface area (Å²) in [6.45, 7) is 2.21. The van der Waals surface area contributed by atoms with Gasteiger partial charge in [0.15, 0.2) is 0 Å². The fraction of sp³-hybridized carbons (Fsp3) is 0.190. The first-order valence-corrected chi connectivity index (χ1v) is 8.97. The summed E-state index contributed by atoms with van der Waals surface area (Å²) in [6.07, 6.45) is 2.56. The van der Waals surface area contributed by atoms with Gasteiger partial charge in [0.1, 0.15) is 11.6 Å². The van der Waals surface area contributed by atoms with E-state index in [0.717, 1.165) is 30.1 Å². The number of methoxy groups -OCH3 is 1. The molecule has 0 bridgehead atoms. The van der Waals surface area contributed by atoms with Crippen molar-refractivity contribution in [2.45, 2.75) is 13.3 Å². The molecule has 0 spiro atoms. The van der Waals surface area contributed by atoms with Gasteiger partial charge in [-0.15, -0.1) is 0 Å². The zero-order chi connectivity index (χ0) is 19.8. The van der Waals surface area contributed by atoms with Crippen LogP contribution in [0.5, 0.6) is 5.75 Å². The Kier molecular flexibility index (Phi) is 6.41. The van der Waals surface area contributed by atoms with Gasteiger partial charge in [0.25, 0.3) is 0 Å². The van der Waals surface area contributed by atoms with Crippen molar-refractivity contribution in [1.29, 1.82) is 0 Å². The van der Waals surface area contributed by atoms with Crippen LogP contribution in [0, 0.1) is 0 Å². The minimum atomic E-state index is -0.0955. The highest BCUT2D eigenvalue weighted by Crippen LogP contribution is 2.18. The first-order valence-electron chi connectivity index (χ1n) is 8.97. The molecule has 1 aromatic heterocycles. The number of carbonyl (C=O) groups excluding carboxylic acids is 1. The number of carbonyl (C=O) groups is 1. The molecule has 3 rings (SSSR count). The van der Waals surface area contributed by atoms with E-state index < -0.39 is 0 Å². The molecule has 0 unspecified atom stereocenters. The second-order valence-electron chi connectivity index (χ2n) is 6.17. The Balaban J connectivity index is 1.53. The number of aromatic nitrogens is 2. The van der Waals surface area contributed by atoms with E-state index in [1.165, 1.54) is 12.5 Å². The smallest absolute Gasteiger partial charge is 0.224 e. The number of hydrogen-bond donors (Lipinski definition) is 3. The van der Waals surface area contributed by atoms with Crippen LogP contribution in [0.1, 0.15) is 12.5 Å². The third-order valence-corrected chi connectivity index (χ3v) is 3.99. The molecule has 7 heteroatoms. The van der Waals surface area contributed by atoms with E-state index in [1.54, 1.807) is 19.4 Å². The lowest BCUT2D eigenvalue weighted by molar-refractivity contribution is -0.114. The molecule has 3 N–H and O–H groups in total. The standard InChI is InChI=1S/C21H23N5O2/c1-15(27)24-17-5-7-18(8-6-17)25-20-12-14-23-21(26-20)22-13-11-16-3-9-19(28-2)10-4-16/h3-10,12,14H,11,13H2,1-2H3,(H,24,27)(H2,22,23,25,26). The highest BCUT2D eigenvalue weighted by atomic mass is 16.5. The Morgan fingerprint density at radius 3 is 2.39 bits per heavy atom. The minimum absolute atomic E-state index is 0.0955. The third kappa shape index (κ3) is 5.70. The van der Waals surface area contributed by atoms with Crippen LogP contribution >= 0.6 is 0 Å². The SMILES string of the molecule is COc1ccc(CCNc2nccc(Nc3ccc(NC(C)=O)cc3)n2)cc1. The molecule has 28 heavy (non-hydrogen) atoms. The van der Waals surface area contributed by atoms with Crippen LogP contribution < -0.4 is 20.7 Å². The Morgan fingerprint density at radius 1 is 1.00 bits per heavy atom. The number of hydrogen-bond acceptors (Lipinski definition) is 6. The van der Waals surface area contributed by atoms with Crippen LogP contribution in [-0.2, 0) is 11.2 Å². The van der Waals surface area contributed by atoms with Crippen LogP contribution in [0.4, 0.5) is 23.1 Å². The van der Waals surface area contributed by atoms with Crippen LogP contribution in [0.25, 0.3) is 0 Å². The zero-order valence-electron chi connectivity index (χ0n) is 15.9. The Bertz CT molecular complexity index is 911. The largest absolute Gasteiger partial charge is 0.497 e. The van der Waals surface area contributed by atoms with Gasteiger partial charge in [-0.3, -0.25) is 4.79 Å². The van der Waals surface area contributed by atoms with E-state index in [0.29, 0.717) is 11.8 Å². The summed E-state index contributed by atoms with van der Waals surface area (Å²) < 4.78 is 5.17. The van der Waals surface area contributed by atoms with Crippen molar-refractivity contribution in [1.82, 2.24) is 9.97 Å². The molecular formula is C21H23N5O2. The number of amides is 1. The van der Waals surface area contributed by atoms with E-state index in [9.17, 15) is 4.79 Å². The normalized spacial score (nSPS) is 10.2. The number of anilines is 4. The third-order valence-electron chi connectivity index (χ3n) is 3.99. The lowest BCUT2D eigenvalue weighted by Crippen LogP contribution is -2.08. The van der Waals surface area contributed by atoms with Crippen molar-refractivity contribution in [3.05, 3.63) is 66.4 Å². The quantitative estimate of drug-likeness (QED) is 0.553. The van der Waals surface area contributed by atoms with Crippen molar-refractivity contribution in [2.24, 2.45) is 0 Å². The highest BCUT2D eigenvalue weighted by Gasteiger charge is 2.02. The molecular weight excluding hydrogens is 354 g/mol. The number of nitrogens with zero attached hydrogens (tertiary/aromatic N) is 2. The fourth-order valence-electron chi connectivity index (χ4n) is 2.61. The molecule has 0 radical (unpaired) electrons. The second-order valence-corrected chi connectivity index (χ2v) is 6.17. The van der Waals surface area contributed by atoms with Gasteiger partial charge in [0.2, 0.25) is 11.9 Å². The van der Waals surface area contributed by atoms with Gasteiger partial charge in [-0.05, 0) is 54.4 Å². The summed E-state index contributed by atoms with van der Waals surface area (Å²) in [5, 5.41) is 9.20. The minimum Gasteiger partial charge on any atom is -0.497 e. The average molecular weight is 377 g/mol. The molecule has 7 nitrogen and oxygen atoms in total. The van der Waals surface area contributed by atoms with E-state index in [-0.39, 0.29) is 5.91 Å². The number of ether oxygens (including phenoxy) is 1. The lowest BCUT2D eigenvalue weighted by Gasteiger charge is -2.09. The number of rotatable bonds is 8. The molecule has 1 heterocycles. The first kappa shape index (κ1) is 19.2. The predicted octanol–water partition coefficient (Wildman–Crippen LogP) is 3.84. The Hall–Kier alpha value is -3.61. The van der Waals surface area contributed by atoms with Crippen molar-refractivity contribution in [3.63, 3.8) is 0 Å². The van der Waals surface area contributed by atoms with Crippen molar-refractivity contribution >= 4 is 29.0 Å². The van der Waals surface area contributed by atoms with Gasteiger partial charge in [-0.25, -0.2) is 4.98 Å². The fourth-order valence-corrected chi connectivity index (χ4v) is 2.61. The Morgan fingerprint density at radius 2 is 1.71 bits per heavy atom.